The molecule has 4 N–H and O–H groups in total. The molecule has 0 bridgehead atoms. The number of rotatable bonds is 4. The van der Waals surface area contributed by atoms with Crippen LogP contribution in [-0.4, -0.2) is 32.8 Å². The van der Waals surface area contributed by atoms with E-state index in [1.807, 2.05) is 0 Å². The van der Waals surface area contributed by atoms with E-state index < -0.39 is 16.6 Å². The molecule has 0 amide bonds. The van der Waals surface area contributed by atoms with Gasteiger partial charge in [-0.2, -0.15) is 8.42 Å². The fourth-order valence-corrected chi connectivity index (χ4v) is 0.772. The summed E-state index contributed by atoms with van der Waals surface area (Å²) in [5.74, 6) is 0. The summed E-state index contributed by atoms with van der Waals surface area (Å²) in [5.41, 5.74) is 5.05. The Bertz CT molecular complexity index is 177. The second-order valence-corrected chi connectivity index (χ2v) is 2.67. The van der Waals surface area contributed by atoms with Crippen LogP contribution in [0.4, 0.5) is 0 Å². The van der Waals surface area contributed by atoms with Gasteiger partial charge in [0.05, 0.1) is 0 Å². The molecule has 0 heterocycles. The fourth-order valence-electron chi connectivity index (χ4n) is 0.391. The highest BCUT2D eigenvalue weighted by molar-refractivity contribution is 7.80. The standard InChI is InChI=1S/C3H10N2O4S/c1-5-2-3(4)9-10(6,7)8/h3,5H,2,4H2,1H3,(H,6,7,8)/t3-/m0/s1. The zero-order valence-corrected chi connectivity index (χ0v) is 6.26. The van der Waals surface area contributed by atoms with Crippen LogP contribution in [0.1, 0.15) is 0 Å². The van der Waals surface area contributed by atoms with Gasteiger partial charge in [0.25, 0.3) is 0 Å². The van der Waals surface area contributed by atoms with Crippen molar-refractivity contribution in [1.82, 2.24) is 5.32 Å². The summed E-state index contributed by atoms with van der Waals surface area (Å²) in [5, 5.41) is 2.56. The molecule has 0 aliphatic rings. The molecule has 0 aromatic carbocycles. The number of likely N-dealkylation sites (N-methyl/N-ethyl adjacent to an activating group) is 1. The van der Waals surface area contributed by atoms with E-state index >= 15 is 0 Å². The maximum Gasteiger partial charge on any atom is 0.398 e. The Kier molecular flexibility index (Phi) is 3.76. The van der Waals surface area contributed by atoms with Gasteiger partial charge in [-0.25, -0.2) is 4.18 Å². The number of hydrogen-bond acceptors (Lipinski definition) is 5. The lowest BCUT2D eigenvalue weighted by Gasteiger charge is -2.07. The first-order valence-corrected chi connectivity index (χ1v) is 3.88. The molecule has 0 aliphatic carbocycles. The monoisotopic (exact) mass is 170 g/mol. The third-order valence-corrected chi connectivity index (χ3v) is 1.14. The predicted octanol–water partition coefficient (Wildman–Crippen LogP) is -1.69. The summed E-state index contributed by atoms with van der Waals surface area (Å²) in [4.78, 5) is 0. The molecular weight excluding hydrogens is 160 g/mol. The summed E-state index contributed by atoms with van der Waals surface area (Å²) in [7, 11) is -2.83. The van der Waals surface area contributed by atoms with E-state index in [2.05, 4.69) is 9.50 Å². The van der Waals surface area contributed by atoms with Gasteiger partial charge in [-0.1, -0.05) is 0 Å². The minimum atomic E-state index is -4.41. The highest BCUT2D eigenvalue weighted by Gasteiger charge is 2.10. The fraction of sp³-hybridized carbons (Fsp3) is 1.00. The minimum Gasteiger partial charge on any atom is -0.316 e. The molecule has 0 unspecified atom stereocenters. The van der Waals surface area contributed by atoms with Gasteiger partial charge in [-0.05, 0) is 7.05 Å². The van der Waals surface area contributed by atoms with Crippen molar-refractivity contribution in [2.45, 2.75) is 6.23 Å². The number of nitrogens with one attached hydrogen (secondary N) is 1. The van der Waals surface area contributed by atoms with Gasteiger partial charge in [0.2, 0.25) is 0 Å². The van der Waals surface area contributed by atoms with Crippen LogP contribution in [0, 0.1) is 0 Å². The maximum atomic E-state index is 9.94. The molecule has 0 radical (unpaired) electrons. The zero-order chi connectivity index (χ0) is 8.20. The molecule has 0 saturated heterocycles. The molecule has 62 valence electrons. The van der Waals surface area contributed by atoms with Crippen molar-refractivity contribution in [1.29, 1.82) is 0 Å². The maximum absolute atomic E-state index is 9.94. The molecule has 0 aromatic rings. The van der Waals surface area contributed by atoms with Crippen LogP contribution < -0.4 is 11.1 Å². The van der Waals surface area contributed by atoms with Crippen LogP contribution >= 0.6 is 0 Å². The van der Waals surface area contributed by atoms with Gasteiger partial charge in [-0.3, -0.25) is 4.55 Å². The lowest BCUT2D eigenvalue weighted by atomic mass is 10.6. The molecule has 0 spiro atoms. The highest BCUT2D eigenvalue weighted by atomic mass is 32.3. The Balaban J connectivity index is 3.69. The van der Waals surface area contributed by atoms with Gasteiger partial charge in [0.1, 0.15) is 6.23 Å². The number of nitrogens with two attached hydrogens (primary N) is 1. The van der Waals surface area contributed by atoms with E-state index in [4.69, 9.17) is 10.3 Å². The van der Waals surface area contributed by atoms with Crippen molar-refractivity contribution < 1.29 is 17.2 Å². The van der Waals surface area contributed by atoms with E-state index in [9.17, 15) is 8.42 Å². The quantitative estimate of drug-likeness (QED) is 0.344. The molecule has 10 heavy (non-hydrogen) atoms. The van der Waals surface area contributed by atoms with Crippen LogP contribution in [-0.2, 0) is 14.6 Å². The second-order valence-electron chi connectivity index (χ2n) is 1.62. The number of hydrogen-bond donors (Lipinski definition) is 3. The van der Waals surface area contributed by atoms with Crippen molar-refractivity contribution in [3.63, 3.8) is 0 Å². The predicted molar refractivity (Wildman–Crippen MR) is 34.5 cm³/mol. The lowest BCUT2D eigenvalue weighted by molar-refractivity contribution is 0.187. The largest absolute Gasteiger partial charge is 0.398 e. The molecule has 1 atom stereocenters. The topological polar surface area (TPSA) is 102 Å². The Hall–Kier alpha value is -0.210. The lowest BCUT2D eigenvalue weighted by Crippen LogP contribution is -2.36. The van der Waals surface area contributed by atoms with Crippen LogP contribution in [0.3, 0.4) is 0 Å². The van der Waals surface area contributed by atoms with Crippen LogP contribution in [0.2, 0.25) is 0 Å². The first kappa shape index (κ1) is 9.79. The molecule has 0 aromatic heterocycles. The summed E-state index contributed by atoms with van der Waals surface area (Å²) in [6.45, 7) is 0.153. The SMILES string of the molecule is CNC[C@@H](N)OS(=O)(=O)O. The van der Waals surface area contributed by atoms with Crippen molar-refractivity contribution in [3.05, 3.63) is 0 Å². The molecular formula is C3H10N2O4S. The molecule has 0 aliphatic heterocycles. The molecule has 6 nitrogen and oxygen atoms in total. The summed E-state index contributed by atoms with van der Waals surface area (Å²) < 4.78 is 31.9. The Morgan fingerprint density at radius 1 is 1.80 bits per heavy atom. The van der Waals surface area contributed by atoms with Crippen molar-refractivity contribution in [2.75, 3.05) is 13.6 Å². The van der Waals surface area contributed by atoms with Gasteiger partial charge < -0.3 is 11.1 Å². The Morgan fingerprint density at radius 3 is 2.60 bits per heavy atom. The summed E-state index contributed by atoms with van der Waals surface area (Å²) in [6, 6.07) is 0. The van der Waals surface area contributed by atoms with E-state index in [0.29, 0.717) is 0 Å². The first-order valence-electron chi connectivity index (χ1n) is 2.51. The van der Waals surface area contributed by atoms with Gasteiger partial charge in [-0.15, -0.1) is 0 Å². The van der Waals surface area contributed by atoms with Crippen LogP contribution in [0.15, 0.2) is 0 Å². The van der Waals surface area contributed by atoms with Crippen molar-refractivity contribution in [2.24, 2.45) is 5.73 Å². The third-order valence-electron chi connectivity index (χ3n) is 0.651. The van der Waals surface area contributed by atoms with Gasteiger partial charge in [0, 0.05) is 6.54 Å². The van der Waals surface area contributed by atoms with E-state index in [-0.39, 0.29) is 6.54 Å². The molecule has 0 rings (SSSR count). The average Bonchev–Trinajstić information content (AvgIpc) is 1.59. The van der Waals surface area contributed by atoms with Gasteiger partial charge >= 0.3 is 10.4 Å². The first-order chi connectivity index (χ1) is 4.45. The smallest absolute Gasteiger partial charge is 0.316 e. The van der Waals surface area contributed by atoms with E-state index in [1.54, 1.807) is 7.05 Å². The van der Waals surface area contributed by atoms with Crippen LogP contribution in [0.25, 0.3) is 0 Å². The van der Waals surface area contributed by atoms with Gasteiger partial charge in [0.15, 0.2) is 0 Å². The third kappa shape index (κ3) is 5.92. The van der Waals surface area contributed by atoms with Crippen LogP contribution in [0.5, 0.6) is 0 Å². The van der Waals surface area contributed by atoms with Crippen molar-refractivity contribution in [3.8, 4) is 0 Å². The molecule has 0 saturated carbocycles. The Labute approximate surface area is 59.3 Å². The normalized spacial score (nSPS) is 15.1. The summed E-state index contributed by atoms with van der Waals surface area (Å²) in [6.07, 6.45) is -1.04. The Morgan fingerprint density at radius 2 is 2.30 bits per heavy atom. The molecule has 0 fully saturated rings. The van der Waals surface area contributed by atoms with Crippen molar-refractivity contribution >= 4 is 10.4 Å². The van der Waals surface area contributed by atoms with E-state index in [0.717, 1.165) is 0 Å². The minimum absolute atomic E-state index is 0.153. The zero-order valence-electron chi connectivity index (χ0n) is 5.44. The van der Waals surface area contributed by atoms with E-state index in [1.165, 1.54) is 0 Å². The summed E-state index contributed by atoms with van der Waals surface area (Å²) >= 11 is 0. The second kappa shape index (κ2) is 3.84. The highest BCUT2D eigenvalue weighted by Crippen LogP contribution is 1.88. The molecule has 7 heteroatoms. The average molecular weight is 170 g/mol.